The standard InChI is InChI=1S/C27H33N5O7S/c1-39-27(36)22(15-29-23(33)16-30-25(34)18-6-5-7-19(28)14-18)31-26(35)24-17-10-12-20(13-11-17)32(24)40(37,38)21-8-3-2-4-9-21/h2-9,14,17,20,22,24H,10-13,15-16,28H2,1H3,(H,29,33)(H,30,34)(H,31,35)/t17?,20?,22-,24-/m0/s1. The second-order valence-corrected chi connectivity index (χ2v) is 11.7. The molecule has 40 heavy (non-hydrogen) atoms. The summed E-state index contributed by atoms with van der Waals surface area (Å²) in [7, 11) is -2.83. The van der Waals surface area contributed by atoms with Crippen molar-refractivity contribution in [2.24, 2.45) is 5.92 Å². The maximum Gasteiger partial charge on any atom is 0.330 e. The smallest absolute Gasteiger partial charge is 0.330 e. The van der Waals surface area contributed by atoms with Gasteiger partial charge in [-0.15, -0.1) is 0 Å². The van der Waals surface area contributed by atoms with Crippen LogP contribution in [0.4, 0.5) is 5.69 Å². The number of hydrogen-bond acceptors (Lipinski definition) is 8. The number of esters is 1. The highest BCUT2D eigenvalue weighted by atomic mass is 32.2. The summed E-state index contributed by atoms with van der Waals surface area (Å²) in [5, 5.41) is 7.55. The Morgan fingerprint density at radius 3 is 2.35 bits per heavy atom. The number of methoxy groups -OCH3 is 1. The summed E-state index contributed by atoms with van der Waals surface area (Å²) < 4.78 is 33.3. The summed E-state index contributed by atoms with van der Waals surface area (Å²) in [5.74, 6) is -2.76. The van der Waals surface area contributed by atoms with E-state index < -0.39 is 45.8 Å². The van der Waals surface area contributed by atoms with Gasteiger partial charge in [-0.25, -0.2) is 13.2 Å². The number of nitrogen functional groups attached to an aromatic ring is 1. The largest absolute Gasteiger partial charge is 0.467 e. The Hall–Kier alpha value is -3.97. The van der Waals surface area contributed by atoms with Crippen molar-refractivity contribution in [1.82, 2.24) is 20.3 Å². The highest BCUT2D eigenvalue weighted by Crippen LogP contribution is 2.42. The number of amides is 3. The molecule has 1 saturated carbocycles. The van der Waals surface area contributed by atoms with E-state index in [1.165, 1.54) is 22.5 Å². The molecule has 5 rings (SSSR count). The van der Waals surface area contributed by atoms with Crippen molar-refractivity contribution in [1.29, 1.82) is 0 Å². The lowest BCUT2D eigenvalue weighted by atomic mass is 9.76. The molecular weight excluding hydrogens is 538 g/mol. The number of hydrogen-bond donors (Lipinski definition) is 4. The van der Waals surface area contributed by atoms with Gasteiger partial charge in [-0.05, 0) is 61.9 Å². The first kappa shape index (κ1) is 29.0. The highest BCUT2D eigenvalue weighted by molar-refractivity contribution is 7.89. The number of nitrogens with one attached hydrogen (secondary N) is 3. The maximum atomic E-state index is 13.6. The SMILES string of the molecule is COC(=O)[C@H](CNC(=O)CNC(=O)c1cccc(N)c1)NC(=O)[C@@H]1C2CCC(CC2)N1S(=O)(=O)c1ccccc1. The first-order valence-electron chi connectivity index (χ1n) is 13.0. The molecule has 3 aliphatic rings. The Labute approximate surface area is 232 Å². The number of sulfonamides is 1. The number of nitrogens with zero attached hydrogens (tertiary/aromatic N) is 1. The number of ether oxygens (including phenoxy) is 1. The van der Waals surface area contributed by atoms with Gasteiger partial charge in [0, 0.05) is 23.8 Å². The van der Waals surface area contributed by atoms with Gasteiger partial charge in [0.05, 0.1) is 18.6 Å². The molecular formula is C27H33N5O7S. The van der Waals surface area contributed by atoms with Crippen LogP contribution in [0.5, 0.6) is 0 Å². The molecule has 2 aromatic carbocycles. The van der Waals surface area contributed by atoms with Crippen LogP contribution in [0, 0.1) is 5.92 Å². The fourth-order valence-electron chi connectivity index (χ4n) is 5.31. The van der Waals surface area contributed by atoms with Crippen LogP contribution in [0.3, 0.4) is 0 Å². The van der Waals surface area contributed by atoms with Crippen molar-refractivity contribution < 1.29 is 32.3 Å². The predicted molar refractivity (Wildman–Crippen MR) is 145 cm³/mol. The van der Waals surface area contributed by atoms with Gasteiger partial charge in [0.1, 0.15) is 12.1 Å². The molecule has 0 spiro atoms. The Bertz CT molecular complexity index is 1360. The van der Waals surface area contributed by atoms with Crippen molar-refractivity contribution >= 4 is 39.4 Å². The minimum atomic E-state index is -3.98. The van der Waals surface area contributed by atoms with E-state index >= 15 is 0 Å². The van der Waals surface area contributed by atoms with Crippen LogP contribution in [0.25, 0.3) is 0 Å². The van der Waals surface area contributed by atoms with Crippen molar-refractivity contribution in [2.45, 2.75) is 48.7 Å². The lowest BCUT2D eigenvalue weighted by molar-refractivity contribution is -0.146. The maximum absolute atomic E-state index is 13.6. The highest BCUT2D eigenvalue weighted by Gasteiger charge is 2.51. The molecule has 0 unspecified atom stereocenters. The van der Waals surface area contributed by atoms with Gasteiger partial charge in [-0.2, -0.15) is 4.31 Å². The molecule has 214 valence electrons. The zero-order chi connectivity index (χ0) is 28.9. The number of carbonyl (C=O) groups is 4. The van der Waals surface area contributed by atoms with Crippen LogP contribution in [0.2, 0.25) is 0 Å². The van der Waals surface area contributed by atoms with E-state index in [1.54, 1.807) is 36.4 Å². The molecule has 2 atom stereocenters. The third kappa shape index (κ3) is 6.42. The topological polar surface area (TPSA) is 177 Å². The first-order valence-corrected chi connectivity index (χ1v) is 14.4. The summed E-state index contributed by atoms with van der Waals surface area (Å²) in [4.78, 5) is 50.8. The number of anilines is 1. The van der Waals surface area contributed by atoms with Gasteiger partial charge in [0.15, 0.2) is 0 Å². The minimum absolute atomic E-state index is 0.0948. The van der Waals surface area contributed by atoms with Gasteiger partial charge in [0.25, 0.3) is 5.91 Å². The Balaban J connectivity index is 1.42. The monoisotopic (exact) mass is 571 g/mol. The zero-order valence-corrected chi connectivity index (χ0v) is 22.9. The molecule has 0 aromatic heterocycles. The fourth-order valence-corrected chi connectivity index (χ4v) is 7.22. The third-order valence-electron chi connectivity index (χ3n) is 7.27. The van der Waals surface area contributed by atoms with E-state index in [0.717, 1.165) is 7.11 Å². The molecule has 3 fully saturated rings. The van der Waals surface area contributed by atoms with E-state index in [1.807, 2.05) is 0 Å². The lowest BCUT2D eigenvalue weighted by Gasteiger charge is -2.49. The second kappa shape index (κ2) is 12.5. The molecule has 2 aromatic rings. The van der Waals surface area contributed by atoms with Crippen molar-refractivity contribution in [2.75, 3.05) is 25.9 Å². The molecule has 0 radical (unpaired) electrons. The van der Waals surface area contributed by atoms with Crippen LogP contribution in [0.15, 0.2) is 59.5 Å². The minimum Gasteiger partial charge on any atom is -0.467 e. The van der Waals surface area contributed by atoms with Crippen molar-refractivity contribution in [3.8, 4) is 0 Å². The summed E-state index contributed by atoms with van der Waals surface area (Å²) in [6.07, 6.45) is 2.68. The first-order chi connectivity index (χ1) is 19.1. The van der Waals surface area contributed by atoms with Gasteiger partial charge >= 0.3 is 5.97 Å². The fraction of sp³-hybridized carbons (Fsp3) is 0.407. The van der Waals surface area contributed by atoms with Gasteiger partial charge in [0.2, 0.25) is 21.8 Å². The van der Waals surface area contributed by atoms with Crippen LogP contribution in [-0.4, -0.2) is 74.7 Å². The van der Waals surface area contributed by atoms with Crippen molar-refractivity contribution in [3.05, 3.63) is 60.2 Å². The summed E-state index contributed by atoms with van der Waals surface area (Å²) in [6, 6.07) is 11.6. The molecule has 2 heterocycles. The van der Waals surface area contributed by atoms with E-state index in [4.69, 9.17) is 10.5 Å². The predicted octanol–water partition coefficient (Wildman–Crippen LogP) is 0.405. The Morgan fingerprint density at radius 2 is 1.70 bits per heavy atom. The zero-order valence-electron chi connectivity index (χ0n) is 22.0. The molecule has 2 bridgehead atoms. The average molecular weight is 572 g/mol. The number of fused-ring (bicyclic) bond motifs is 3. The number of carbonyl (C=O) groups excluding carboxylic acids is 4. The third-order valence-corrected chi connectivity index (χ3v) is 9.22. The number of piperidine rings is 2. The van der Waals surface area contributed by atoms with Crippen LogP contribution >= 0.6 is 0 Å². The van der Waals surface area contributed by atoms with E-state index in [0.29, 0.717) is 31.4 Å². The van der Waals surface area contributed by atoms with E-state index in [-0.39, 0.29) is 35.5 Å². The molecule has 13 heteroatoms. The van der Waals surface area contributed by atoms with E-state index in [2.05, 4.69) is 16.0 Å². The number of rotatable bonds is 10. The van der Waals surface area contributed by atoms with Crippen molar-refractivity contribution in [3.63, 3.8) is 0 Å². The molecule has 2 aliphatic heterocycles. The van der Waals surface area contributed by atoms with E-state index in [9.17, 15) is 27.6 Å². The molecule has 2 saturated heterocycles. The van der Waals surface area contributed by atoms with Gasteiger partial charge in [-0.1, -0.05) is 24.3 Å². The molecule has 5 N–H and O–H groups in total. The lowest BCUT2D eigenvalue weighted by Crippen LogP contribution is -2.64. The van der Waals surface area contributed by atoms with Gasteiger partial charge in [-0.3, -0.25) is 14.4 Å². The van der Waals surface area contributed by atoms with Crippen LogP contribution in [0.1, 0.15) is 36.0 Å². The number of benzene rings is 2. The number of nitrogens with two attached hydrogens (primary N) is 1. The Kier molecular flexibility index (Phi) is 9.05. The second-order valence-electron chi connectivity index (χ2n) is 9.86. The molecule has 1 aliphatic carbocycles. The molecule has 12 nitrogen and oxygen atoms in total. The normalized spacial score (nSPS) is 21.2. The van der Waals surface area contributed by atoms with Crippen LogP contribution in [-0.2, 0) is 29.1 Å². The summed E-state index contributed by atoms with van der Waals surface area (Å²) in [5.41, 5.74) is 6.36. The summed E-state index contributed by atoms with van der Waals surface area (Å²) >= 11 is 0. The quantitative estimate of drug-likeness (QED) is 0.234. The average Bonchev–Trinajstić information content (AvgIpc) is 2.97. The summed E-state index contributed by atoms with van der Waals surface area (Å²) in [6.45, 7) is -0.706. The molecule has 3 amide bonds. The van der Waals surface area contributed by atoms with Gasteiger partial charge < -0.3 is 26.4 Å². The van der Waals surface area contributed by atoms with Crippen LogP contribution < -0.4 is 21.7 Å². The Morgan fingerprint density at radius 1 is 1.00 bits per heavy atom.